The Kier molecular flexibility index (Phi) is 5.86. The molecule has 2 fully saturated rings. The van der Waals surface area contributed by atoms with Crippen LogP contribution < -0.4 is 0 Å². The molecule has 7 nitrogen and oxygen atoms in total. The van der Waals surface area contributed by atoms with Crippen molar-refractivity contribution in [2.24, 2.45) is 0 Å². The fourth-order valence-electron chi connectivity index (χ4n) is 5.71. The van der Waals surface area contributed by atoms with E-state index in [9.17, 15) is 12.8 Å². The molecule has 35 heavy (non-hydrogen) atoms. The van der Waals surface area contributed by atoms with E-state index in [0.29, 0.717) is 38.6 Å². The van der Waals surface area contributed by atoms with Gasteiger partial charge >= 0.3 is 0 Å². The molecule has 4 heterocycles. The quantitative estimate of drug-likeness (QED) is 0.426. The zero-order valence-electron chi connectivity index (χ0n) is 19.5. The lowest BCUT2D eigenvalue weighted by Gasteiger charge is -2.26. The number of ether oxygens (including phenoxy) is 1. The highest BCUT2D eigenvalue weighted by atomic mass is 32.2. The molecule has 4 aromatic rings. The first-order chi connectivity index (χ1) is 17.0. The first-order valence-corrected chi connectivity index (χ1v) is 13.9. The summed E-state index contributed by atoms with van der Waals surface area (Å²) in [5, 5.41) is 9.46. The van der Waals surface area contributed by atoms with Crippen molar-refractivity contribution >= 4 is 31.8 Å². The monoisotopic (exact) mass is 496 g/mol. The van der Waals surface area contributed by atoms with Crippen molar-refractivity contribution in [1.82, 2.24) is 19.1 Å². The molecular formula is C26H29FN4O3S. The predicted molar refractivity (Wildman–Crippen MR) is 134 cm³/mol. The number of aromatic nitrogens is 3. The molecule has 0 bridgehead atoms. The van der Waals surface area contributed by atoms with Gasteiger partial charge in [-0.05, 0) is 74.1 Å². The summed E-state index contributed by atoms with van der Waals surface area (Å²) in [5.41, 5.74) is 5.43. The summed E-state index contributed by atoms with van der Waals surface area (Å²) in [5.74, 6) is 0.299. The van der Waals surface area contributed by atoms with Crippen molar-refractivity contribution in [1.29, 1.82) is 0 Å². The lowest BCUT2D eigenvalue weighted by molar-refractivity contribution is 0.0840. The molecule has 0 unspecified atom stereocenters. The second kappa shape index (κ2) is 9.04. The van der Waals surface area contributed by atoms with E-state index in [-0.39, 0.29) is 11.6 Å². The van der Waals surface area contributed by atoms with Gasteiger partial charge in [0.1, 0.15) is 5.82 Å². The number of nitrogens with zero attached hydrogens (tertiary/aromatic N) is 3. The van der Waals surface area contributed by atoms with Crippen molar-refractivity contribution in [3.8, 4) is 5.69 Å². The molecule has 0 radical (unpaired) electrons. The SMILES string of the molecule is O=S1(=O)CCCN1CCCc1c(C2CCOCC2)n(-c2ccc(F)cc2)c2cc3cn[nH]c3cc12. The molecule has 2 saturated heterocycles. The molecule has 184 valence electrons. The van der Waals surface area contributed by atoms with Gasteiger partial charge in [-0.15, -0.1) is 0 Å². The summed E-state index contributed by atoms with van der Waals surface area (Å²) < 4.78 is 48.1. The maximum atomic E-state index is 13.8. The molecular weight excluding hydrogens is 467 g/mol. The molecule has 2 aliphatic heterocycles. The Morgan fingerprint density at radius 2 is 1.94 bits per heavy atom. The number of aryl methyl sites for hydroxylation is 1. The van der Waals surface area contributed by atoms with E-state index in [2.05, 4.69) is 26.9 Å². The molecule has 0 amide bonds. The van der Waals surface area contributed by atoms with Crippen molar-refractivity contribution in [3.63, 3.8) is 0 Å². The first-order valence-electron chi connectivity index (χ1n) is 12.3. The van der Waals surface area contributed by atoms with E-state index >= 15 is 0 Å². The largest absolute Gasteiger partial charge is 0.381 e. The highest BCUT2D eigenvalue weighted by molar-refractivity contribution is 7.89. The number of hydrogen-bond donors (Lipinski definition) is 1. The molecule has 0 saturated carbocycles. The molecule has 1 N–H and O–H groups in total. The van der Waals surface area contributed by atoms with E-state index in [1.165, 1.54) is 23.4 Å². The highest BCUT2D eigenvalue weighted by Crippen LogP contribution is 2.40. The van der Waals surface area contributed by atoms with Crippen LogP contribution >= 0.6 is 0 Å². The van der Waals surface area contributed by atoms with Gasteiger partial charge in [0.05, 0.1) is 23.0 Å². The summed E-state index contributed by atoms with van der Waals surface area (Å²) in [6.07, 6.45) is 5.89. The van der Waals surface area contributed by atoms with Gasteiger partial charge < -0.3 is 9.30 Å². The molecule has 2 aromatic heterocycles. The van der Waals surface area contributed by atoms with E-state index in [4.69, 9.17) is 4.74 Å². The number of rotatable bonds is 6. The normalized spacial score (nSPS) is 19.2. The Bertz CT molecular complexity index is 1470. The van der Waals surface area contributed by atoms with Crippen LogP contribution in [0.2, 0.25) is 0 Å². The van der Waals surface area contributed by atoms with Crippen molar-refractivity contribution in [3.05, 3.63) is 59.7 Å². The van der Waals surface area contributed by atoms with E-state index < -0.39 is 10.0 Å². The number of H-pyrrole nitrogens is 1. The number of sulfonamides is 1. The van der Waals surface area contributed by atoms with Crippen LogP contribution in [-0.4, -0.2) is 59.5 Å². The van der Waals surface area contributed by atoms with Gasteiger partial charge in [-0.1, -0.05) is 0 Å². The maximum Gasteiger partial charge on any atom is 0.214 e. The van der Waals surface area contributed by atoms with E-state index in [1.807, 2.05) is 18.3 Å². The fourth-order valence-corrected chi connectivity index (χ4v) is 7.28. The second-order valence-corrected chi connectivity index (χ2v) is 11.6. The number of aromatic amines is 1. The molecule has 9 heteroatoms. The number of nitrogens with one attached hydrogen (secondary N) is 1. The minimum atomic E-state index is -3.11. The highest BCUT2D eigenvalue weighted by Gasteiger charge is 2.30. The van der Waals surface area contributed by atoms with Crippen LogP contribution in [0.4, 0.5) is 4.39 Å². The molecule has 0 aliphatic carbocycles. The maximum absolute atomic E-state index is 13.8. The topological polar surface area (TPSA) is 80.2 Å². The van der Waals surface area contributed by atoms with Gasteiger partial charge in [0, 0.05) is 54.4 Å². The smallest absolute Gasteiger partial charge is 0.214 e. The Hall–Kier alpha value is -2.75. The van der Waals surface area contributed by atoms with Crippen LogP contribution in [0.25, 0.3) is 27.5 Å². The van der Waals surface area contributed by atoms with Gasteiger partial charge in [-0.25, -0.2) is 17.1 Å². The lowest BCUT2D eigenvalue weighted by atomic mass is 9.91. The minimum Gasteiger partial charge on any atom is -0.381 e. The Balaban J connectivity index is 1.50. The molecule has 2 aromatic carbocycles. The summed E-state index contributed by atoms with van der Waals surface area (Å²) in [6, 6.07) is 11.0. The summed E-state index contributed by atoms with van der Waals surface area (Å²) in [4.78, 5) is 0. The Morgan fingerprint density at radius 3 is 2.69 bits per heavy atom. The summed E-state index contributed by atoms with van der Waals surface area (Å²) in [7, 11) is -3.11. The third-order valence-electron chi connectivity index (χ3n) is 7.40. The van der Waals surface area contributed by atoms with Crippen LogP contribution in [0, 0.1) is 5.82 Å². The van der Waals surface area contributed by atoms with Crippen LogP contribution in [0.15, 0.2) is 42.6 Å². The predicted octanol–water partition coefficient (Wildman–Crippen LogP) is 4.51. The van der Waals surface area contributed by atoms with E-state index in [0.717, 1.165) is 53.2 Å². The molecule has 2 aliphatic rings. The van der Waals surface area contributed by atoms with Gasteiger partial charge in [0.15, 0.2) is 0 Å². The minimum absolute atomic E-state index is 0.252. The van der Waals surface area contributed by atoms with Crippen LogP contribution in [0.3, 0.4) is 0 Å². The number of fused-ring (bicyclic) bond motifs is 2. The number of hydrogen-bond acceptors (Lipinski definition) is 4. The summed E-state index contributed by atoms with van der Waals surface area (Å²) in [6.45, 7) is 2.57. The van der Waals surface area contributed by atoms with Gasteiger partial charge in [0.25, 0.3) is 0 Å². The molecule has 6 rings (SSSR count). The average molecular weight is 497 g/mol. The number of halogens is 1. The van der Waals surface area contributed by atoms with Crippen molar-refractivity contribution in [2.45, 2.75) is 38.0 Å². The van der Waals surface area contributed by atoms with Crippen molar-refractivity contribution in [2.75, 3.05) is 32.1 Å². The first kappa shape index (κ1) is 22.7. The van der Waals surface area contributed by atoms with Gasteiger partial charge in [-0.3, -0.25) is 5.10 Å². The van der Waals surface area contributed by atoms with Crippen molar-refractivity contribution < 1.29 is 17.5 Å². The Labute approximate surface area is 203 Å². The average Bonchev–Trinajstić information content (AvgIpc) is 3.54. The molecule has 0 spiro atoms. The van der Waals surface area contributed by atoms with Crippen LogP contribution in [0.5, 0.6) is 0 Å². The van der Waals surface area contributed by atoms with Gasteiger partial charge in [-0.2, -0.15) is 5.10 Å². The lowest BCUT2D eigenvalue weighted by Crippen LogP contribution is -2.27. The zero-order chi connectivity index (χ0) is 24.0. The van der Waals surface area contributed by atoms with E-state index in [1.54, 1.807) is 4.31 Å². The second-order valence-electron chi connectivity index (χ2n) is 9.56. The fraction of sp³-hybridized carbons (Fsp3) is 0.423. The summed E-state index contributed by atoms with van der Waals surface area (Å²) >= 11 is 0. The third-order valence-corrected chi connectivity index (χ3v) is 9.36. The van der Waals surface area contributed by atoms with Crippen LogP contribution in [0.1, 0.15) is 42.9 Å². The molecule has 0 atom stereocenters. The van der Waals surface area contributed by atoms with Crippen LogP contribution in [-0.2, 0) is 21.2 Å². The standard InChI is InChI=1S/C26H29FN4O3S/c27-20-4-6-21(7-5-20)31-25-15-19-17-28-29-24(19)16-23(25)22(26(31)18-8-12-34-13-9-18)3-1-10-30-11-2-14-35(30,32)33/h4-7,15-18H,1-3,8-14H2,(H,28,29). The third kappa shape index (κ3) is 4.15. The zero-order valence-corrected chi connectivity index (χ0v) is 20.4. The Morgan fingerprint density at radius 1 is 1.14 bits per heavy atom. The van der Waals surface area contributed by atoms with Gasteiger partial charge in [0.2, 0.25) is 10.0 Å². The number of benzene rings is 2.